The molecule has 2 fully saturated rings. The van der Waals surface area contributed by atoms with Crippen molar-refractivity contribution in [2.45, 2.75) is 25.3 Å². The van der Waals surface area contributed by atoms with E-state index in [0.29, 0.717) is 54.3 Å². The van der Waals surface area contributed by atoms with Crippen LogP contribution in [0.15, 0.2) is 18.2 Å². The summed E-state index contributed by atoms with van der Waals surface area (Å²) in [5.74, 6) is -0.00701. The summed E-state index contributed by atoms with van der Waals surface area (Å²) in [6, 6.07) is 5.35. The van der Waals surface area contributed by atoms with Crippen LogP contribution in [0.2, 0.25) is 10.0 Å². The fourth-order valence-corrected chi connectivity index (χ4v) is 3.85. The molecule has 0 bridgehead atoms. The summed E-state index contributed by atoms with van der Waals surface area (Å²) < 4.78 is 0. The van der Waals surface area contributed by atoms with E-state index < -0.39 is 0 Å². The molecule has 0 spiro atoms. The second-order valence-electron chi connectivity index (χ2n) is 6.27. The molecule has 0 radical (unpaired) electrons. The molecule has 1 unspecified atom stereocenters. The number of amides is 2. The Morgan fingerprint density at radius 1 is 1.08 bits per heavy atom. The molecule has 1 aromatic carbocycles. The SMILES string of the molecule is Cl.O=C(CC1CCCN1)N1CCN(C(=O)c2c(Cl)cccc2Cl)CC1. The molecule has 2 aliphatic heterocycles. The van der Waals surface area contributed by atoms with Crippen LogP contribution < -0.4 is 5.32 Å². The van der Waals surface area contributed by atoms with E-state index in [1.165, 1.54) is 0 Å². The molecule has 2 heterocycles. The zero-order valence-electron chi connectivity index (χ0n) is 13.8. The second kappa shape index (κ2) is 9.08. The monoisotopic (exact) mass is 405 g/mol. The van der Waals surface area contributed by atoms with Gasteiger partial charge in [-0.15, -0.1) is 12.4 Å². The van der Waals surface area contributed by atoms with Crippen LogP contribution in [0.25, 0.3) is 0 Å². The maximum Gasteiger partial charge on any atom is 0.257 e. The van der Waals surface area contributed by atoms with E-state index in [1.54, 1.807) is 23.1 Å². The number of carbonyl (C=O) groups is 2. The Balaban J connectivity index is 0.00000225. The summed E-state index contributed by atoms with van der Waals surface area (Å²) in [4.78, 5) is 28.5. The summed E-state index contributed by atoms with van der Waals surface area (Å²) in [5, 5.41) is 4.07. The van der Waals surface area contributed by atoms with Gasteiger partial charge in [0.1, 0.15) is 0 Å². The smallest absolute Gasteiger partial charge is 0.257 e. The molecule has 1 N–H and O–H groups in total. The van der Waals surface area contributed by atoms with E-state index >= 15 is 0 Å². The van der Waals surface area contributed by atoms with Crippen molar-refractivity contribution in [3.63, 3.8) is 0 Å². The van der Waals surface area contributed by atoms with E-state index in [9.17, 15) is 9.59 Å². The van der Waals surface area contributed by atoms with Crippen molar-refractivity contribution in [2.75, 3.05) is 32.7 Å². The average Bonchev–Trinajstić information content (AvgIpc) is 3.07. The summed E-state index contributed by atoms with van der Waals surface area (Å²) in [7, 11) is 0. The van der Waals surface area contributed by atoms with Crippen LogP contribution in [0.4, 0.5) is 0 Å². The number of nitrogens with zero attached hydrogens (tertiary/aromatic N) is 2. The minimum absolute atomic E-state index is 0. The third kappa shape index (κ3) is 4.79. The van der Waals surface area contributed by atoms with E-state index in [2.05, 4.69) is 5.32 Å². The molecule has 8 heteroatoms. The highest BCUT2D eigenvalue weighted by Gasteiger charge is 2.28. The number of rotatable bonds is 3. The standard InChI is InChI=1S/C17H21Cl2N3O2.ClH/c18-13-4-1-5-14(19)16(13)17(24)22-9-7-21(8-10-22)15(23)11-12-3-2-6-20-12;/h1,4-5,12,20H,2-3,6-11H2;1H. The number of hydrogen-bond donors (Lipinski definition) is 1. The molecule has 0 aromatic heterocycles. The minimum Gasteiger partial charge on any atom is -0.339 e. The number of piperazine rings is 1. The first-order valence-corrected chi connectivity index (χ1v) is 9.06. The molecule has 2 saturated heterocycles. The number of benzene rings is 1. The van der Waals surface area contributed by atoms with Gasteiger partial charge in [-0.25, -0.2) is 0 Å². The highest BCUT2D eigenvalue weighted by Crippen LogP contribution is 2.26. The Labute approximate surface area is 164 Å². The molecule has 1 atom stereocenters. The first-order valence-electron chi connectivity index (χ1n) is 8.30. The quantitative estimate of drug-likeness (QED) is 0.840. The number of hydrogen-bond acceptors (Lipinski definition) is 3. The maximum absolute atomic E-state index is 12.6. The van der Waals surface area contributed by atoms with Crippen molar-refractivity contribution in [3.8, 4) is 0 Å². The topological polar surface area (TPSA) is 52.7 Å². The molecule has 138 valence electrons. The second-order valence-corrected chi connectivity index (χ2v) is 7.08. The number of nitrogens with one attached hydrogen (secondary N) is 1. The molecule has 25 heavy (non-hydrogen) atoms. The van der Waals surface area contributed by atoms with Crippen LogP contribution in [-0.4, -0.2) is 60.4 Å². The lowest BCUT2D eigenvalue weighted by Gasteiger charge is -2.35. The Bertz CT molecular complexity index is 607. The van der Waals surface area contributed by atoms with Gasteiger partial charge in [-0.3, -0.25) is 9.59 Å². The number of halogens is 3. The summed E-state index contributed by atoms with van der Waals surface area (Å²) >= 11 is 12.2. The molecule has 5 nitrogen and oxygen atoms in total. The molecule has 0 aliphatic carbocycles. The Hall–Kier alpha value is -1.01. The maximum atomic E-state index is 12.6. The zero-order valence-corrected chi connectivity index (χ0v) is 16.2. The summed E-state index contributed by atoms with van der Waals surface area (Å²) in [5.41, 5.74) is 0.343. The third-order valence-corrected chi connectivity index (χ3v) is 5.31. The van der Waals surface area contributed by atoms with Crippen molar-refractivity contribution in [2.24, 2.45) is 0 Å². The van der Waals surface area contributed by atoms with Crippen LogP contribution >= 0.6 is 35.6 Å². The Kier molecular flexibility index (Phi) is 7.37. The van der Waals surface area contributed by atoms with Gasteiger partial charge < -0.3 is 15.1 Å². The van der Waals surface area contributed by atoms with Crippen LogP contribution in [0.3, 0.4) is 0 Å². The summed E-state index contributed by atoms with van der Waals surface area (Å²) in [6.45, 7) is 3.12. The van der Waals surface area contributed by atoms with Gasteiger partial charge in [-0.1, -0.05) is 29.3 Å². The van der Waals surface area contributed by atoms with Gasteiger partial charge in [0.25, 0.3) is 5.91 Å². The molecule has 2 aliphatic rings. The molecule has 0 saturated carbocycles. The Morgan fingerprint density at radius 2 is 1.68 bits per heavy atom. The van der Waals surface area contributed by atoms with Crippen molar-refractivity contribution in [1.29, 1.82) is 0 Å². The van der Waals surface area contributed by atoms with Gasteiger partial charge in [0, 0.05) is 38.6 Å². The highest BCUT2D eigenvalue weighted by molar-refractivity contribution is 6.39. The predicted octanol–water partition coefficient (Wildman–Crippen LogP) is 2.84. The van der Waals surface area contributed by atoms with Crippen LogP contribution in [-0.2, 0) is 4.79 Å². The fraction of sp³-hybridized carbons (Fsp3) is 0.529. The van der Waals surface area contributed by atoms with Crippen LogP contribution in [0.5, 0.6) is 0 Å². The van der Waals surface area contributed by atoms with E-state index in [-0.39, 0.29) is 24.2 Å². The van der Waals surface area contributed by atoms with Crippen LogP contribution in [0.1, 0.15) is 29.6 Å². The largest absolute Gasteiger partial charge is 0.339 e. The minimum atomic E-state index is -0.171. The first kappa shape index (κ1) is 20.3. The molecule has 3 rings (SSSR count). The lowest BCUT2D eigenvalue weighted by atomic mass is 10.1. The lowest BCUT2D eigenvalue weighted by Crippen LogP contribution is -2.51. The summed E-state index contributed by atoms with van der Waals surface area (Å²) in [6.07, 6.45) is 2.75. The molecular weight excluding hydrogens is 385 g/mol. The van der Waals surface area contributed by atoms with Crippen molar-refractivity contribution >= 4 is 47.4 Å². The normalized spacial score (nSPS) is 20.3. The third-order valence-electron chi connectivity index (χ3n) is 4.68. The van der Waals surface area contributed by atoms with Gasteiger partial charge in [0.15, 0.2) is 0 Å². The van der Waals surface area contributed by atoms with Gasteiger partial charge in [-0.2, -0.15) is 0 Å². The van der Waals surface area contributed by atoms with Gasteiger partial charge in [-0.05, 0) is 31.5 Å². The number of carbonyl (C=O) groups excluding carboxylic acids is 2. The van der Waals surface area contributed by atoms with Gasteiger partial charge in [0.05, 0.1) is 15.6 Å². The highest BCUT2D eigenvalue weighted by atomic mass is 35.5. The van der Waals surface area contributed by atoms with E-state index in [1.807, 2.05) is 4.90 Å². The van der Waals surface area contributed by atoms with Crippen molar-refractivity contribution in [1.82, 2.24) is 15.1 Å². The van der Waals surface area contributed by atoms with Crippen molar-refractivity contribution < 1.29 is 9.59 Å². The van der Waals surface area contributed by atoms with Gasteiger partial charge >= 0.3 is 0 Å². The first-order chi connectivity index (χ1) is 11.6. The molecule has 1 aromatic rings. The zero-order chi connectivity index (χ0) is 17.1. The predicted molar refractivity (Wildman–Crippen MR) is 102 cm³/mol. The lowest BCUT2D eigenvalue weighted by molar-refractivity contribution is -0.133. The van der Waals surface area contributed by atoms with Crippen LogP contribution in [0, 0.1) is 0 Å². The van der Waals surface area contributed by atoms with E-state index in [4.69, 9.17) is 23.2 Å². The average molecular weight is 407 g/mol. The molecular formula is C17H22Cl3N3O2. The van der Waals surface area contributed by atoms with Crippen molar-refractivity contribution in [3.05, 3.63) is 33.8 Å². The molecule has 2 amide bonds. The fourth-order valence-electron chi connectivity index (χ4n) is 3.29. The van der Waals surface area contributed by atoms with E-state index in [0.717, 1.165) is 19.4 Å². The van der Waals surface area contributed by atoms with Gasteiger partial charge in [0.2, 0.25) is 5.91 Å². The Morgan fingerprint density at radius 3 is 2.24 bits per heavy atom.